The van der Waals surface area contributed by atoms with Crippen molar-refractivity contribution >= 4 is 0 Å². The van der Waals surface area contributed by atoms with Gasteiger partial charge in [-0.25, -0.2) is 0 Å². The number of aryl methyl sites for hydroxylation is 1. The minimum atomic E-state index is 0.364. The molecule has 4 rings (SSSR count). The van der Waals surface area contributed by atoms with Crippen LogP contribution < -0.4 is 0 Å². The SMILES string of the molecule is Cn1nccc1CN1CC[C@@H]2OCCN(Cc3ccncc3)[C@H]2C1. The number of rotatable bonds is 4. The normalized spacial score (nSPS) is 25.5. The predicted octanol–water partition coefficient (Wildman–Crippen LogP) is 1.29. The summed E-state index contributed by atoms with van der Waals surface area (Å²) in [6.07, 6.45) is 7.10. The number of ether oxygens (including phenoxy) is 1. The third-order valence-corrected chi connectivity index (χ3v) is 5.23. The smallest absolute Gasteiger partial charge is 0.0755 e. The summed E-state index contributed by atoms with van der Waals surface area (Å²) in [6.45, 7) is 5.93. The van der Waals surface area contributed by atoms with Crippen LogP contribution in [0.3, 0.4) is 0 Å². The summed E-state index contributed by atoms with van der Waals surface area (Å²) in [4.78, 5) is 9.24. The molecule has 0 amide bonds. The van der Waals surface area contributed by atoms with E-state index in [9.17, 15) is 0 Å². The number of likely N-dealkylation sites (tertiary alicyclic amines) is 1. The summed E-state index contributed by atoms with van der Waals surface area (Å²) in [5.74, 6) is 0. The van der Waals surface area contributed by atoms with Gasteiger partial charge < -0.3 is 4.74 Å². The van der Waals surface area contributed by atoms with Crippen LogP contribution in [0.25, 0.3) is 0 Å². The summed E-state index contributed by atoms with van der Waals surface area (Å²) in [5, 5.41) is 4.28. The number of hydrogen-bond acceptors (Lipinski definition) is 5. The summed E-state index contributed by atoms with van der Waals surface area (Å²) in [7, 11) is 2.02. The van der Waals surface area contributed by atoms with E-state index in [0.717, 1.165) is 45.8 Å². The summed E-state index contributed by atoms with van der Waals surface area (Å²) in [6, 6.07) is 6.80. The van der Waals surface area contributed by atoms with Gasteiger partial charge in [-0.05, 0) is 30.2 Å². The first kappa shape index (κ1) is 15.7. The van der Waals surface area contributed by atoms with Gasteiger partial charge >= 0.3 is 0 Å². The van der Waals surface area contributed by atoms with Crippen molar-refractivity contribution in [1.29, 1.82) is 0 Å². The summed E-state index contributed by atoms with van der Waals surface area (Å²) in [5.41, 5.74) is 2.60. The minimum absolute atomic E-state index is 0.364. The van der Waals surface area contributed by atoms with Gasteiger partial charge in [-0.15, -0.1) is 0 Å². The molecule has 0 bridgehead atoms. The van der Waals surface area contributed by atoms with Gasteiger partial charge in [0, 0.05) is 64.4 Å². The van der Waals surface area contributed by atoms with Crippen molar-refractivity contribution < 1.29 is 4.74 Å². The van der Waals surface area contributed by atoms with Gasteiger partial charge in [0.25, 0.3) is 0 Å². The molecule has 0 aliphatic carbocycles. The zero-order valence-electron chi connectivity index (χ0n) is 14.2. The number of fused-ring (bicyclic) bond motifs is 1. The number of piperidine rings is 1. The Hall–Kier alpha value is -1.76. The van der Waals surface area contributed by atoms with Crippen LogP contribution in [0.2, 0.25) is 0 Å². The van der Waals surface area contributed by atoms with Gasteiger partial charge in [0.05, 0.1) is 18.4 Å². The largest absolute Gasteiger partial charge is 0.375 e. The van der Waals surface area contributed by atoms with Gasteiger partial charge in [0.15, 0.2) is 0 Å². The van der Waals surface area contributed by atoms with E-state index in [1.807, 2.05) is 30.3 Å². The maximum Gasteiger partial charge on any atom is 0.0755 e. The topological polar surface area (TPSA) is 46.4 Å². The predicted molar refractivity (Wildman–Crippen MR) is 91.3 cm³/mol. The molecular formula is C18H25N5O. The maximum absolute atomic E-state index is 6.06. The third kappa shape index (κ3) is 3.36. The Morgan fingerprint density at radius 2 is 2.00 bits per heavy atom. The lowest BCUT2D eigenvalue weighted by Crippen LogP contribution is -2.59. The van der Waals surface area contributed by atoms with Gasteiger partial charge in [0.2, 0.25) is 0 Å². The highest BCUT2D eigenvalue weighted by Gasteiger charge is 2.37. The van der Waals surface area contributed by atoms with Gasteiger partial charge in [-0.3, -0.25) is 19.5 Å². The zero-order chi connectivity index (χ0) is 16.4. The fourth-order valence-electron chi connectivity index (χ4n) is 3.86. The molecular weight excluding hydrogens is 302 g/mol. The molecule has 2 aliphatic heterocycles. The lowest BCUT2D eigenvalue weighted by atomic mass is 9.98. The second-order valence-electron chi connectivity index (χ2n) is 6.77. The Morgan fingerprint density at radius 3 is 2.79 bits per heavy atom. The lowest BCUT2D eigenvalue weighted by Gasteiger charge is -2.47. The average Bonchev–Trinajstić information content (AvgIpc) is 3.01. The van der Waals surface area contributed by atoms with E-state index in [2.05, 4.69) is 38.1 Å². The molecule has 4 heterocycles. The van der Waals surface area contributed by atoms with Crippen LogP contribution in [0.15, 0.2) is 36.8 Å². The van der Waals surface area contributed by atoms with E-state index in [4.69, 9.17) is 4.74 Å². The highest BCUT2D eigenvalue weighted by Crippen LogP contribution is 2.25. The van der Waals surface area contributed by atoms with Crippen LogP contribution in [0.5, 0.6) is 0 Å². The molecule has 2 aliphatic rings. The molecule has 2 fully saturated rings. The van der Waals surface area contributed by atoms with E-state index in [0.29, 0.717) is 12.1 Å². The van der Waals surface area contributed by atoms with Gasteiger partial charge in [0.1, 0.15) is 0 Å². The van der Waals surface area contributed by atoms with Crippen LogP contribution in [-0.2, 0) is 24.9 Å². The van der Waals surface area contributed by atoms with Crippen LogP contribution >= 0.6 is 0 Å². The summed E-state index contributed by atoms with van der Waals surface area (Å²) >= 11 is 0. The highest BCUT2D eigenvalue weighted by atomic mass is 16.5. The quantitative estimate of drug-likeness (QED) is 0.847. The number of aromatic nitrogens is 3. The van der Waals surface area contributed by atoms with Crippen molar-refractivity contribution in [1.82, 2.24) is 24.6 Å². The molecule has 2 aromatic heterocycles. The number of pyridine rings is 1. The molecule has 0 aromatic carbocycles. The highest BCUT2D eigenvalue weighted by molar-refractivity contribution is 5.10. The van der Waals surface area contributed by atoms with E-state index in [1.54, 1.807) is 0 Å². The van der Waals surface area contributed by atoms with E-state index in [-0.39, 0.29) is 0 Å². The molecule has 0 radical (unpaired) electrons. The molecule has 6 heteroatoms. The first-order valence-electron chi connectivity index (χ1n) is 8.73. The first-order chi connectivity index (χ1) is 11.8. The van der Waals surface area contributed by atoms with Crippen molar-refractivity contribution in [2.45, 2.75) is 31.7 Å². The van der Waals surface area contributed by atoms with Gasteiger partial charge in [-0.2, -0.15) is 5.10 Å². The Kier molecular flexibility index (Phi) is 4.60. The molecule has 2 atom stereocenters. The Balaban J connectivity index is 1.44. The van der Waals surface area contributed by atoms with Crippen LogP contribution in [0.4, 0.5) is 0 Å². The Labute approximate surface area is 143 Å². The molecule has 0 saturated carbocycles. The molecule has 6 nitrogen and oxygen atoms in total. The van der Waals surface area contributed by atoms with Crippen molar-refractivity contribution in [3.63, 3.8) is 0 Å². The van der Waals surface area contributed by atoms with E-state index < -0.39 is 0 Å². The number of hydrogen-bond donors (Lipinski definition) is 0. The van der Waals surface area contributed by atoms with Crippen LogP contribution in [0.1, 0.15) is 17.7 Å². The van der Waals surface area contributed by atoms with Crippen molar-refractivity contribution in [2.24, 2.45) is 7.05 Å². The molecule has 0 N–H and O–H groups in total. The average molecular weight is 327 g/mol. The second-order valence-corrected chi connectivity index (χ2v) is 6.77. The van der Waals surface area contributed by atoms with Crippen molar-refractivity contribution in [3.8, 4) is 0 Å². The molecule has 2 aromatic rings. The monoisotopic (exact) mass is 327 g/mol. The van der Waals surface area contributed by atoms with Gasteiger partial charge in [-0.1, -0.05) is 0 Å². The van der Waals surface area contributed by atoms with E-state index >= 15 is 0 Å². The molecule has 0 spiro atoms. The Bertz CT molecular complexity index is 658. The second kappa shape index (κ2) is 7.01. The van der Waals surface area contributed by atoms with Crippen molar-refractivity contribution in [2.75, 3.05) is 26.2 Å². The first-order valence-corrected chi connectivity index (χ1v) is 8.73. The van der Waals surface area contributed by atoms with E-state index in [1.165, 1.54) is 11.3 Å². The Morgan fingerprint density at radius 1 is 1.12 bits per heavy atom. The van der Waals surface area contributed by atoms with Crippen molar-refractivity contribution in [3.05, 3.63) is 48.0 Å². The number of morpholine rings is 1. The van der Waals surface area contributed by atoms with Crippen LogP contribution in [-0.4, -0.2) is 63.0 Å². The molecule has 2 saturated heterocycles. The maximum atomic E-state index is 6.06. The fraction of sp³-hybridized carbons (Fsp3) is 0.556. The minimum Gasteiger partial charge on any atom is -0.375 e. The zero-order valence-corrected chi connectivity index (χ0v) is 14.2. The molecule has 0 unspecified atom stereocenters. The molecule has 24 heavy (non-hydrogen) atoms. The standard InChI is InChI=1S/C18H25N5O/c1-21-16(4-8-20-21)13-22-9-5-18-17(14-22)23(10-11-24-18)12-15-2-6-19-7-3-15/h2-4,6-8,17-18H,5,9-14H2,1H3/t17-,18-/m0/s1. The summed E-state index contributed by atoms with van der Waals surface area (Å²) < 4.78 is 8.03. The number of nitrogens with zero attached hydrogens (tertiary/aromatic N) is 5. The lowest BCUT2D eigenvalue weighted by molar-refractivity contribution is -0.107. The molecule has 128 valence electrons. The van der Waals surface area contributed by atoms with Crippen LogP contribution in [0, 0.1) is 0 Å². The third-order valence-electron chi connectivity index (χ3n) is 5.23. The fourth-order valence-corrected chi connectivity index (χ4v) is 3.86.